The molecule has 0 heterocycles. The second-order valence-electron chi connectivity index (χ2n) is 6.24. The summed E-state index contributed by atoms with van der Waals surface area (Å²) in [5, 5.41) is 3.10. The Labute approximate surface area is 130 Å². The Morgan fingerprint density at radius 2 is 1.38 bits per heavy atom. The van der Waals surface area contributed by atoms with Gasteiger partial charge in [0.05, 0.1) is 0 Å². The van der Waals surface area contributed by atoms with Crippen LogP contribution in [0.2, 0.25) is 0 Å². The van der Waals surface area contributed by atoms with E-state index in [2.05, 4.69) is 74.5 Å². The molecule has 1 aliphatic carbocycles. The van der Waals surface area contributed by atoms with E-state index >= 15 is 0 Å². The van der Waals surface area contributed by atoms with E-state index in [4.69, 9.17) is 0 Å². The molecule has 0 N–H and O–H groups in total. The lowest BCUT2D eigenvalue weighted by Crippen LogP contribution is -2.26. The van der Waals surface area contributed by atoms with Gasteiger partial charge in [-0.2, -0.15) is 0 Å². The van der Waals surface area contributed by atoms with E-state index < -0.39 is 0 Å². The maximum Gasteiger partial charge on any atom is -0.00979 e. The Kier molecular flexibility index (Phi) is 4.76. The van der Waals surface area contributed by atoms with Gasteiger partial charge in [-0.1, -0.05) is 80.9 Å². The lowest BCUT2D eigenvalue weighted by molar-refractivity contribution is 0.412. The summed E-state index contributed by atoms with van der Waals surface area (Å²) >= 11 is 0. The highest BCUT2D eigenvalue weighted by atomic mass is 31.1. The van der Waals surface area contributed by atoms with E-state index in [0.717, 1.165) is 17.5 Å². The molecule has 2 aromatic rings. The minimum atomic E-state index is -0.224. The Hall–Kier alpha value is -1.13. The monoisotopic (exact) mass is 296 g/mol. The van der Waals surface area contributed by atoms with Gasteiger partial charge in [-0.3, -0.25) is 0 Å². The van der Waals surface area contributed by atoms with Gasteiger partial charge in [0.25, 0.3) is 0 Å². The minimum absolute atomic E-state index is 0.224. The van der Waals surface area contributed by atoms with Gasteiger partial charge in [0.2, 0.25) is 0 Å². The summed E-state index contributed by atoms with van der Waals surface area (Å²) in [6.07, 6.45) is 4.13. The van der Waals surface area contributed by atoms with Crippen molar-refractivity contribution in [3.8, 4) is 0 Å². The van der Waals surface area contributed by atoms with Gasteiger partial charge >= 0.3 is 0 Å². The van der Waals surface area contributed by atoms with Crippen LogP contribution < -0.4 is 10.6 Å². The van der Waals surface area contributed by atoms with Crippen molar-refractivity contribution in [3.63, 3.8) is 0 Å². The summed E-state index contributed by atoms with van der Waals surface area (Å²) in [6.45, 7) is 4.83. The zero-order chi connectivity index (χ0) is 14.7. The third-order valence-corrected chi connectivity index (χ3v) is 8.03. The number of hydrogen-bond donors (Lipinski definition) is 0. The molecule has 0 aromatic heterocycles. The number of hydrogen-bond acceptors (Lipinski definition) is 0. The Bertz CT molecular complexity index is 509. The second-order valence-corrected chi connectivity index (χ2v) is 8.67. The fraction of sp³-hybridized carbons (Fsp3) is 0.400. The van der Waals surface area contributed by atoms with Crippen LogP contribution in [0, 0.1) is 11.8 Å². The minimum Gasteiger partial charge on any atom is -0.0651 e. The average Bonchev–Trinajstić information content (AvgIpc) is 2.90. The van der Waals surface area contributed by atoms with Gasteiger partial charge in [0, 0.05) is 0 Å². The van der Waals surface area contributed by atoms with Crippen molar-refractivity contribution in [2.24, 2.45) is 11.8 Å². The number of rotatable bonds is 4. The van der Waals surface area contributed by atoms with Crippen molar-refractivity contribution in [1.82, 2.24) is 0 Å². The molecule has 2 aromatic carbocycles. The molecule has 3 atom stereocenters. The van der Waals surface area contributed by atoms with Gasteiger partial charge < -0.3 is 0 Å². The maximum atomic E-state index is 2.46. The van der Waals surface area contributed by atoms with Crippen molar-refractivity contribution in [1.29, 1.82) is 0 Å². The molecule has 1 saturated carbocycles. The highest BCUT2D eigenvalue weighted by Gasteiger charge is 2.38. The van der Waals surface area contributed by atoms with Crippen LogP contribution in [0.3, 0.4) is 0 Å². The first-order chi connectivity index (χ1) is 10.3. The van der Waals surface area contributed by atoms with Gasteiger partial charge in [0.1, 0.15) is 0 Å². The molecular formula is C20H25P. The normalized spacial score (nSPS) is 25.4. The summed E-state index contributed by atoms with van der Waals surface area (Å²) in [6, 6.07) is 22.4. The van der Waals surface area contributed by atoms with Crippen LogP contribution in [0.15, 0.2) is 60.7 Å². The molecule has 0 saturated heterocycles. The molecule has 0 spiro atoms. The zero-order valence-electron chi connectivity index (χ0n) is 13.1. The average molecular weight is 296 g/mol. The Morgan fingerprint density at radius 3 is 1.86 bits per heavy atom. The Balaban J connectivity index is 2.01. The predicted molar refractivity (Wildman–Crippen MR) is 95.0 cm³/mol. The first-order valence-corrected chi connectivity index (χ1v) is 9.61. The van der Waals surface area contributed by atoms with Crippen LogP contribution in [0.5, 0.6) is 0 Å². The summed E-state index contributed by atoms with van der Waals surface area (Å²) < 4.78 is 0. The topological polar surface area (TPSA) is 0 Å². The molecule has 0 aliphatic heterocycles. The third-order valence-electron chi connectivity index (χ3n) is 5.01. The molecule has 1 aliphatic rings. The molecule has 0 radical (unpaired) electrons. The van der Waals surface area contributed by atoms with E-state index in [1.54, 1.807) is 10.6 Å². The molecule has 1 heteroatoms. The lowest BCUT2D eigenvalue weighted by atomic mass is 9.95. The van der Waals surface area contributed by atoms with Crippen LogP contribution in [0.1, 0.15) is 33.1 Å². The van der Waals surface area contributed by atoms with Crippen LogP contribution in [-0.2, 0) is 0 Å². The van der Waals surface area contributed by atoms with Gasteiger partial charge in [-0.25, -0.2) is 0 Å². The molecule has 110 valence electrons. The van der Waals surface area contributed by atoms with Crippen molar-refractivity contribution in [2.75, 3.05) is 0 Å². The summed E-state index contributed by atoms with van der Waals surface area (Å²) in [5.74, 6) is 1.77. The molecule has 21 heavy (non-hydrogen) atoms. The molecule has 0 amide bonds. The second kappa shape index (κ2) is 6.75. The fourth-order valence-electron chi connectivity index (χ4n) is 3.95. The van der Waals surface area contributed by atoms with Crippen LogP contribution in [-0.4, -0.2) is 5.66 Å². The summed E-state index contributed by atoms with van der Waals surface area (Å²) in [7, 11) is -0.224. The van der Waals surface area contributed by atoms with E-state index in [9.17, 15) is 0 Å². The highest BCUT2D eigenvalue weighted by Crippen LogP contribution is 2.52. The van der Waals surface area contributed by atoms with Crippen LogP contribution >= 0.6 is 7.92 Å². The maximum absolute atomic E-state index is 2.46. The number of benzene rings is 2. The summed E-state index contributed by atoms with van der Waals surface area (Å²) in [4.78, 5) is 0. The van der Waals surface area contributed by atoms with E-state index in [-0.39, 0.29) is 7.92 Å². The molecule has 0 bridgehead atoms. The molecule has 0 nitrogen and oxygen atoms in total. The van der Waals surface area contributed by atoms with Gasteiger partial charge in [-0.15, -0.1) is 0 Å². The van der Waals surface area contributed by atoms with Crippen molar-refractivity contribution in [3.05, 3.63) is 60.7 Å². The third kappa shape index (κ3) is 3.06. The lowest BCUT2D eigenvalue weighted by Gasteiger charge is -2.31. The molecule has 3 unspecified atom stereocenters. The highest BCUT2D eigenvalue weighted by molar-refractivity contribution is 7.73. The first kappa shape index (κ1) is 14.8. The summed E-state index contributed by atoms with van der Waals surface area (Å²) in [5.41, 5.74) is 0.852. The quantitative estimate of drug-likeness (QED) is 0.701. The largest absolute Gasteiger partial charge is 0.0651 e. The smallest absolute Gasteiger partial charge is 0.00979 e. The predicted octanol–water partition coefficient (Wildman–Crippen LogP) is 4.94. The van der Waals surface area contributed by atoms with E-state index in [0.29, 0.717) is 0 Å². The molecule has 3 rings (SSSR count). The Morgan fingerprint density at radius 1 is 0.857 bits per heavy atom. The molecular weight excluding hydrogens is 271 g/mol. The first-order valence-electron chi connectivity index (χ1n) is 8.20. The standard InChI is InChI=1S/C20H25P/c1-3-19-16(2)14-15-20(19)21(17-10-6-4-7-11-17)18-12-8-5-9-13-18/h4-13,16,19-20H,3,14-15H2,1-2H3. The molecule has 1 fully saturated rings. The van der Waals surface area contributed by atoms with E-state index in [1.165, 1.54) is 19.3 Å². The van der Waals surface area contributed by atoms with Gasteiger partial charge in [-0.05, 0) is 48.9 Å². The van der Waals surface area contributed by atoms with Crippen molar-refractivity contribution < 1.29 is 0 Å². The zero-order valence-corrected chi connectivity index (χ0v) is 14.0. The van der Waals surface area contributed by atoms with Crippen molar-refractivity contribution in [2.45, 2.75) is 38.8 Å². The van der Waals surface area contributed by atoms with Crippen LogP contribution in [0.4, 0.5) is 0 Å². The SMILES string of the molecule is CCC1C(C)CCC1P(c1ccccc1)c1ccccc1. The van der Waals surface area contributed by atoms with Crippen LogP contribution in [0.25, 0.3) is 0 Å². The van der Waals surface area contributed by atoms with Gasteiger partial charge in [0.15, 0.2) is 0 Å². The van der Waals surface area contributed by atoms with Crippen molar-refractivity contribution >= 4 is 18.5 Å². The fourth-order valence-corrected chi connectivity index (χ4v) is 7.29. The van der Waals surface area contributed by atoms with E-state index in [1.807, 2.05) is 0 Å².